The van der Waals surface area contributed by atoms with Crippen LogP contribution >= 0.6 is 12.2 Å². The molecule has 0 fully saturated rings. The van der Waals surface area contributed by atoms with Gasteiger partial charge in [0, 0.05) is 6.54 Å². The van der Waals surface area contributed by atoms with Crippen LogP contribution in [0, 0.1) is 10.7 Å². The molecule has 1 aromatic heterocycles. The Morgan fingerprint density at radius 2 is 2.10 bits per heavy atom. The van der Waals surface area contributed by atoms with Crippen molar-refractivity contribution >= 4 is 23.3 Å². The number of rotatable bonds is 7. The molecule has 0 amide bonds. The minimum Gasteiger partial charge on any atom is -0.492 e. The Labute approximate surface area is 126 Å². The lowest BCUT2D eigenvalue weighted by Crippen LogP contribution is -1.99. The zero-order valence-corrected chi connectivity index (χ0v) is 13.4. The summed E-state index contributed by atoms with van der Waals surface area (Å²) in [5.41, 5.74) is 2.16. The van der Waals surface area contributed by atoms with E-state index >= 15 is 0 Å². The summed E-state index contributed by atoms with van der Waals surface area (Å²) in [5.74, 6) is 1.66. The predicted molar refractivity (Wildman–Crippen MR) is 87.0 cm³/mol. The summed E-state index contributed by atoms with van der Waals surface area (Å²) >= 11 is 5.45. The van der Waals surface area contributed by atoms with Gasteiger partial charge in [-0.05, 0) is 43.6 Å². The number of ether oxygens (including phenoxy) is 1. The van der Waals surface area contributed by atoms with Crippen LogP contribution in [0.4, 0.5) is 0 Å². The lowest BCUT2D eigenvalue weighted by molar-refractivity contribution is 0.343. The summed E-state index contributed by atoms with van der Waals surface area (Å²) < 4.78 is 8.63. The summed E-state index contributed by atoms with van der Waals surface area (Å²) in [4.78, 5) is 3.28. The number of aromatic nitrogens is 2. The molecule has 3 nitrogen and oxygen atoms in total. The SMILES string of the molecule is CCOc1cccc2c1[nH]c(=S)n2CCCCC(C)C. The molecule has 110 valence electrons. The molecule has 0 aliphatic rings. The number of benzene rings is 1. The van der Waals surface area contributed by atoms with Crippen LogP contribution < -0.4 is 4.74 Å². The molecule has 0 radical (unpaired) electrons. The molecule has 0 atom stereocenters. The molecule has 1 aromatic carbocycles. The number of aryl methyl sites for hydroxylation is 1. The predicted octanol–water partition coefficient (Wildman–Crippen LogP) is 4.92. The van der Waals surface area contributed by atoms with Crippen LogP contribution in [0.2, 0.25) is 0 Å². The van der Waals surface area contributed by atoms with Gasteiger partial charge in [-0.1, -0.05) is 32.8 Å². The highest BCUT2D eigenvalue weighted by atomic mass is 32.1. The minimum absolute atomic E-state index is 0.666. The quantitative estimate of drug-likeness (QED) is 0.579. The second kappa shape index (κ2) is 6.93. The lowest BCUT2D eigenvalue weighted by Gasteiger charge is -2.07. The Balaban J connectivity index is 2.19. The van der Waals surface area contributed by atoms with Gasteiger partial charge in [-0.25, -0.2) is 0 Å². The number of unbranched alkanes of at least 4 members (excludes halogenated alkanes) is 1. The summed E-state index contributed by atoms with van der Waals surface area (Å²) in [6.45, 7) is 8.17. The molecule has 1 heterocycles. The monoisotopic (exact) mass is 292 g/mol. The van der Waals surface area contributed by atoms with Crippen LogP contribution in [-0.2, 0) is 6.54 Å². The fourth-order valence-electron chi connectivity index (χ4n) is 2.47. The standard InChI is InChI=1S/C16H24N2OS/c1-4-19-14-10-7-9-13-15(14)17-16(20)18(13)11-6-5-8-12(2)3/h7,9-10,12H,4-6,8,11H2,1-3H3,(H,17,20). The van der Waals surface area contributed by atoms with E-state index in [9.17, 15) is 0 Å². The van der Waals surface area contributed by atoms with E-state index in [0.717, 1.165) is 40.4 Å². The summed E-state index contributed by atoms with van der Waals surface area (Å²) in [7, 11) is 0. The summed E-state index contributed by atoms with van der Waals surface area (Å²) in [6.07, 6.45) is 3.69. The number of hydrogen-bond acceptors (Lipinski definition) is 2. The largest absolute Gasteiger partial charge is 0.492 e. The van der Waals surface area contributed by atoms with Crippen molar-refractivity contribution in [2.75, 3.05) is 6.61 Å². The van der Waals surface area contributed by atoms with Crippen LogP contribution in [0.1, 0.15) is 40.0 Å². The molecular formula is C16H24N2OS. The van der Waals surface area contributed by atoms with Gasteiger partial charge in [0.05, 0.1) is 12.1 Å². The van der Waals surface area contributed by atoms with Gasteiger partial charge in [0.2, 0.25) is 0 Å². The van der Waals surface area contributed by atoms with Gasteiger partial charge >= 0.3 is 0 Å². The maximum Gasteiger partial charge on any atom is 0.178 e. The number of H-pyrrole nitrogens is 1. The topological polar surface area (TPSA) is 29.9 Å². The number of para-hydroxylation sites is 1. The number of aromatic amines is 1. The highest BCUT2D eigenvalue weighted by Gasteiger charge is 2.08. The van der Waals surface area contributed by atoms with Gasteiger partial charge in [-0.2, -0.15) is 0 Å². The van der Waals surface area contributed by atoms with Crippen molar-refractivity contribution in [1.29, 1.82) is 0 Å². The number of fused-ring (bicyclic) bond motifs is 1. The zero-order valence-electron chi connectivity index (χ0n) is 12.6. The smallest absolute Gasteiger partial charge is 0.178 e. The molecular weight excluding hydrogens is 268 g/mol. The molecule has 4 heteroatoms. The zero-order chi connectivity index (χ0) is 14.5. The van der Waals surface area contributed by atoms with Gasteiger partial charge in [0.15, 0.2) is 4.77 Å². The van der Waals surface area contributed by atoms with E-state index in [1.165, 1.54) is 12.8 Å². The number of imidazole rings is 1. The first-order valence-corrected chi connectivity index (χ1v) is 7.88. The van der Waals surface area contributed by atoms with Gasteiger partial charge in [0.1, 0.15) is 11.3 Å². The average Bonchev–Trinajstić information content (AvgIpc) is 2.72. The van der Waals surface area contributed by atoms with E-state index in [1.807, 2.05) is 19.1 Å². The van der Waals surface area contributed by atoms with E-state index in [4.69, 9.17) is 17.0 Å². The van der Waals surface area contributed by atoms with Crippen molar-refractivity contribution in [3.8, 4) is 5.75 Å². The van der Waals surface area contributed by atoms with Crippen LogP contribution in [-0.4, -0.2) is 16.2 Å². The van der Waals surface area contributed by atoms with Gasteiger partial charge < -0.3 is 14.3 Å². The van der Waals surface area contributed by atoms with Gasteiger partial charge in [-0.15, -0.1) is 0 Å². The second-order valence-electron chi connectivity index (χ2n) is 5.55. The molecule has 2 aromatic rings. The Bertz CT molecular complexity index is 612. The highest BCUT2D eigenvalue weighted by Crippen LogP contribution is 2.25. The first-order chi connectivity index (χ1) is 9.63. The molecule has 2 rings (SSSR count). The van der Waals surface area contributed by atoms with Crippen molar-refractivity contribution in [2.24, 2.45) is 5.92 Å². The van der Waals surface area contributed by atoms with Crippen LogP contribution in [0.5, 0.6) is 5.75 Å². The molecule has 20 heavy (non-hydrogen) atoms. The van der Waals surface area contributed by atoms with Crippen molar-refractivity contribution in [3.63, 3.8) is 0 Å². The fraction of sp³-hybridized carbons (Fsp3) is 0.562. The Hall–Kier alpha value is -1.29. The lowest BCUT2D eigenvalue weighted by atomic mass is 10.1. The molecule has 0 bridgehead atoms. The maximum absolute atomic E-state index is 5.65. The fourth-order valence-corrected chi connectivity index (χ4v) is 2.77. The third-order valence-corrected chi connectivity index (χ3v) is 3.81. The Morgan fingerprint density at radius 1 is 1.30 bits per heavy atom. The first-order valence-electron chi connectivity index (χ1n) is 7.47. The van der Waals surface area contributed by atoms with Crippen molar-refractivity contribution in [1.82, 2.24) is 9.55 Å². The van der Waals surface area contributed by atoms with E-state index in [0.29, 0.717) is 6.61 Å². The van der Waals surface area contributed by atoms with E-state index in [1.54, 1.807) is 0 Å². The van der Waals surface area contributed by atoms with E-state index in [-0.39, 0.29) is 0 Å². The molecule has 0 aliphatic carbocycles. The van der Waals surface area contributed by atoms with Gasteiger partial charge in [-0.3, -0.25) is 0 Å². The molecule has 0 saturated carbocycles. The maximum atomic E-state index is 5.65. The van der Waals surface area contributed by atoms with E-state index in [2.05, 4.69) is 29.5 Å². The number of nitrogens with one attached hydrogen (secondary N) is 1. The molecule has 0 spiro atoms. The highest BCUT2D eigenvalue weighted by molar-refractivity contribution is 7.71. The number of nitrogens with zero attached hydrogens (tertiary/aromatic N) is 1. The third kappa shape index (κ3) is 3.42. The normalized spacial score (nSPS) is 11.4. The molecule has 0 unspecified atom stereocenters. The second-order valence-corrected chi connectivity index (χ2v) is 5.94. The van der Waals surface area contributed by atoms with Crippen molar-refractivity contribution in [3.05, 3.63) is 23.0 Å². The molecule has 0 aliphatic heterocycles. The molecule has 0 saturated heterocycles. The summed E-state index contributed by atoms with van der Waals surface area (Å²) in [6, 6.07) is 6.12. The van der Waals surface area contributed by atoms with Crippen LogP contribution in [0.15, 0.2) is 18.2 Å². The Morgan fingerprint density at radius 3 is 2.80 bits per heavy atom. The van der Waals surface area contributed by atoms with Crippen molar-refractivity contribution in [2.45, 2.75) is 46.6 Å². The third-order valence-electron chi connectivity index (χ3n) is 3.49. The minimum atomic E-state index is 0.666. The average molecular weight is 292 g/mol. The van der Waals surface area contributed by atoms with Gasteiger partial charge in [0.25, 0.3) is 0 Å². The molecule has 1 N–H and O–H groups in total. The Kier molecular flexibility index (Phi) is 5.24. The van der Waals surface area contributed by atoms with Crippen molar-refractivity contribution < 1.29 is 4.74 Å². The van der Waals surface area contributed by atoms with Crippen LogP contribution in [0.3, 0.4) is 0 Å². The summed E-state index contributed by atoms with van der Waals surface area (Å²) in [5, 5.41) is 0. The number of hydrogen-bond donors (Lipinski definition) is 1. The first kappa shape index (κ1) is 15.1. The van der Waals surface area contributed by atoms with Crippen LogP contribution in [0.25, 0.3) is 11.0 Å². The van der Waals surface area contributed by atoms with E-state index < -0.39 is 0 Å².